The van der Waals surface area contributed by atoms with E-state index in [0.29, 0.717) is 22.2 Å². The molecule has 1 N–H and O–H groups in total. The number of esters is 1. The second-order valence-electron chi connectivity index (χ2n) is 7.50. The molecule has 1 aliphatic heterocycles. The van der Waals surface area contributed by atoms with Crippen molar-refractivity contribution in [3.63, 3.8) is 0 Å². The third-order valence-corrected chi connectivity index (χ3v) is 6.52. The van der Waals surface area contributed by atoms with E-state index in [9.17, 15) is 9.59 Å². The third kappa shape index (κ3) is 3.81. The number of thioether (sulfide) groups is 1. The summed E-state index contributed by atoms with van der Waals surface area (Å²) in [7, 11) is 1.33. The summed E-state index contributed by atoms with van der Waals surface area (Å²) in [6, 6.07) is 8.46. The summed E-state index contributed by atoms with van der Waals surface area (Å²) in [5.41, 5.74) is 4.67. The van der Waals surface area contributed by atoms with Gasteiger partial charge in [0.1, 0.15) is 0 Å². The highest BCUT2D eigenvalue weighted by atomic mass is 32.2. The number of ether oxygens (including phenoxy) is 1. The van der Waals surface area contributed by atoms with Crippen LogP contribution < -0.4 is 5.32 Å². The lowest BCUT2D eigenvalue weighted by atomic mass is 9.95. The predicted molar refractivity (Wildman–Crippen MR) is 120 cm³/mol. The first-order valence-electron chi connectivity index (χ1n) is 10.1. The van der Waals surface area contributed by atoms with Crippen LogP contribution in [-0.4, -0.2) is 49.5 Å². The highest BCUT2D eigenvalue weighted by Gasteiger charge is 2.36. The number of hydrogen-bond donors (Lipinski definition) is 1. The lowest BCUT2D eigenvalue weighted by molar-refractivity contribution is -0.136. The molecule has 0 radical (unpaired) electrons. The van der Waals surface area contributed by atoms with Crippen molar-refractivity contribution < 1.29 is 14.3 Å². The van der Waals surface area contributed by atoms with Crippen LogP contribution in [0.15, 0.2) is 46.8 Å². The van der Waals surface area contributed by atoms with Crippen LogP contribution in [0.1, 0.15) is 35.5 Å². The largest absolute Gasteiger partial charge is 0.466 e. The van der Waals surface area contributed by atoms with Crippen molar-refractivity contribution in [3.8, 4) is 0 Å². The highest BCUT2D eigenvalue weighted by molar-refractivity contribution is 7.99. The Balaban J connectivity index is 1.63. The summed E-state index contributed by atoms with van der Waals surface area (Å²) in [6.07, 6.45) is 0. The first-order chi connectivity index (χ1) is 15.3. The van der Waals surface area contributed by atoms with Crippen molar-refractivity contribution in [2.75, 3.05) is 13.0 Å². The molecular weight excluding hydrogens is 428 g/mol. The van der Waals surface area contributed by atoms with Gasteiger partial charge in [-0.05, 0) is 38.8 Å². The van der Waals surface area contributed by atoms with Gasteiger partial charge >= 0.3 is 12.0 Å². The number of benzene rings is 1. The Labute approximate surface area is 189 Å². The molecule has 0 unspecified atom stereocenters. The standard InChI is InChI=1S/C22H24N6O3S/c1-12-13(2)23-20-25-21(26-28(20)14(12)3)32-11-27-15(4)17(19(29)31-5)18(24-22(27)30)16-9-7-6-8-10-16/h6-10,18H,11H2,1-5H3,(H,24,30)/t18-/m0/s1. The summed E-state index contributed by atoms with van der Waals surface area (Å²) in [5, 5.41) is 7.94. The van der Waals surface area contributed by atoms with E-state index in [1.807, 2.05) is 51.1 Å². The number of aromatic nitrogens is 4. The first kappa shape index (κ1) is 21.8. The molecule has 3 heterocycles. The van der Waals surface area contributed by atoms with Gasteiger partial charge in [0.05, 0.1) is 24.6 Å². The SMILES string of the molecule is COC(=O)C1=C(C)N(CSc2nc3nc(C)c(C)c(C)n3n2)C(=O)N[C@H]1c1ccccc1. The van der Waals surface area contributed by atoms with Crippen LogP contribution in [0.25, 0.3) is 5.78 Å². The van der Waals surface area contributed by atoms with Gasteiger partial charge < -0.3 is 10.1 Å². The van der Waals surface area contributed by atoms with Crippen LogP contribution in [-0.2, 0) is 9.53 Å². The summed E-state index contributed by atoms with van der Waals surface area (Å²) >= 11 is 1.29. The molecule has 0 spiro atoms. The lowest BCUT2D eigenvalue weighted by Gasteiger charge is -2.34. The molecule has 1 aromatic carbocycles. The molecular formula is C22H24N6O3S. The zero-order valence-corrected chi connectivity index (χ0v) is 19.4. The van der Waals surface area contributed by atoms with Gasteiger partial charge in [0, 0.05) is 17.1 Å². The van der Waals surface area contributed by atoms with Crippen molar-refractivity contribution >= 4 is 29.5 Å². The molecule has 0 saturated heterocycles. The second kappa shape index (κ2) is 8.62. The van der Waals surface area contributed by atoms with Crippen molar-refractivity contribution in [1.29, 1.82) is 0 Å². The van der Waals surface area contributed by atoms with Gasteiger partial charge in [-0.25, -0.2) is 19.1 Å². The summed E-state index contributed by atoms with van der Waals surface area (Å²) in [4.78, 5) is 36.0. The second-order valence-corrected chi connectivity index (χ2v) is 8.41. The fourth-order valence-electron chi connectivity index (χ4n) is 3.63. The molecule has 166 valence electrons. The van der Waals surface area contributed by atoms with Crippen molar-refractivity contribution in [2.45, 2.75) is 38.9 Å². The first-order valence-corrected chi connectivity index (χ1v) is 11.1. The van der Waals surface area contributed by atoms with Gasteiger partial charge in [0.15, 0.2) is 0 Å². The number of aryl methyl sites for hydroxylation is 2. The zero-order chi connectivity index (χ0) is 23.0. The van der Waals surface area contributed by atoms with E-state index in [-0.39, 0.29) is 11.9 Å². The number of urea groups is 1. The molecule has 9 nitrogen and oxygen atoms in total. The molecule has 4 rings (SSSR count). The number of nitrogens with one attached hydrogen (secondary N) is 1. The van der Waals surface area contributed by atoms with Gasteiger partial charge in [-0.15, -0.1) is 5.10 Å². The van der Waals surface area contributed by atoms with Gasteiger partial charge in [-0.3, -0.25) is 4.90 Å². The molecule has 0 fully saturated rings. The van der Waals surface area contributed by atoms with E-state index in [1.54, 1.807) is 11.4 Å². The van der Waals surface area contributed by atoms with Crippen LogP contribution in [0.3, 0.4) is 0 Å². The molecule has 10 heteroatoms. The fourth-order valence-corrected chi connectivity index (χ4v) is 4.47. The summed E-state index contributed by atoms with van der Waals surface area (Å²) in [6.45, 7) is 7.65. The summed E-state index contributed by atoms with van der Waals surface area (Å²) in [5.74, 6) is 0.263. The molecule has 2 aromatic heterocycles. The molecule has 0 aliphatic carbocycles. The van der Waals surface area contributed by atoms with Gasteiger partial charge in [0.2, 0.25) is 5.16 Å². The number of fused-ring (bicyclic) bond motifs is 1. The maximum absolute atomic E-state index is 12.9. The van der Waals surface area contributed by atoms with Crippen LogP contribution in [0.4, 0.5) is 4.79 Å². The van der Waals surface area contributed by atoms with E-state index in [0.717, 1.165) is 22.5 Å². The Bertz CT molecular complexity index is 1240. The lowest BCUT2D eigenvalue weighted by Crippen LogP contribution is -2.47. The van der Waals surface area contributed by atoms with Gasteiger partial charge in [-0.1, -0.05) is 42.1 Å². The number of carbonyl (C=O) groups excluding carboxylic acids is 2. The number of rotatable bonds is 5. The predicted octanol–water partition coefficient (Wildman–Crippen LogP) is 3.31. The van der Waals surface area contributed by atoms with Gasteiger partial charge in [-0.2, -0.15) is 4.98 Å². The average molecular weight is 453 g/mol. The number of methoxy groups -OCH3 is 1. The van der Waals surface area contributed by atoms with E-state index < -0.39 is 12.0 Å². The average Bonchev–Trinajstić information content (AvgIpc) is 3.20. The van der Waals surface area contributed by atoms with Crippen LogP contribution in [0.5, 0.6) is 0 Å². The topological polar surface area (TPSA) is 102 Å². The zero-order valence-electron chi connectivity index (χ0n) is 18.5. The molecule has 2 amide bonds. The molecule has 1 atom stereocenters. The minimum absolute atomic E-state index is 0.230. The Hall–Kier alpha value is -3.40. The summed E-state index contributed by atoms with van der Waals surface area (Å²) < 4.78 is 6.72. The van der Waals surface area contributed by atoms with E-state index in [1.165, 1.54) is 23.8 Å². The monoisotopic (exact) mass is 452 g/mol. The number of carbonyl (C=O) groups is 2. The number of nitrogens with zero attached hydrogens (tertiary/aromatic N) is 5. The van der Waals surface area contributed by atoms with Crippen LogP contribution in [0.2, 0.25) is 0 Å². The smallest absolute Gasteiger partial charge is 0.337 e. The molecule has 0 saturated carbocycles. The fraction of sp³-hybridized carbons (Fsp3) is 0.318. The Morgan fingerprint density at radius 1 is 1.16 bits per heavy atom. The maximum atomic E-state index is 12.9. The van der Waals surface area contributed by atoms with E-state index >= 15 is 0 Å². The van der Waals surface area contributed by atoms with Crippen molar-refractivity contribution in [1.82, 2.24) is 29.8 Å². The Kier molecular flexibility index (Phi) is 5.88. The minimum Gasteiger partial charge on any atom is -0.466 e. The van der Waals surface area contributed by atoms with E-state index in [4.69, 9.17) is 4.74 Å². The Morgan fingerprint density at radius 3 is 2.56 bits per heavy atom. The van der Waals surface area contributed by atoms with Gasteiger partial charge in [0.25, 0.3) is 5.78 Å². The minimum atomic E-state index is -0.580. The van der Waals surface area contributed by atoms with Crippen molar-refractivity contribution in [3.05, 3.63) is 64.1 Å². The quantitative estimate of drug-likeness (QED) is 0.468. The van der Waals surface area contributed by atoms with Crippen molar-refractivity contribution in [2.24, 2.45) is 0 Å². The van der Waals surface area contributed by atoms with Crippen LogP contribution in [0, 0.1) is 20.8 Å². The van der Waals surface area contributed by atoms with Crippen LogP contribution >= 0.6 is 11.8 Å². The normalized spacial score (nSPS) is 16.5. The number of allylic oxidation sites excluding steroid dienone is 1. The maximum Gasteiger partial charge on any atom is 0.337 e. The van der Waals surface area contributed by atoms with E-state index in [2.05, 4.69) is 20.4 Å². The third-order valence-electron chi connectivity index (χ3n) is 5.70. The number of hydrogen-bond acceptors (Lipinski definition) is 7. The Morgan fingerprint density at radius 2 is 1.88 bits per heavy atom. The number of amides is 2. The molecule has 1 aliphatic rings. The molecule has 0 bridgehead atoms. The highest BCUT2D eigenvalue weighted by Crippen LogP contribution is 2.32. The molecule has 32 heavy (non-hydrogen) atoms. The molecule has 3 aromatic rings.